The summed E-state index contributed by atoms with van der Waals surface area (Å²) in [5.41, 5.74) is 1.96. The quantitative estimate of drug-likeness (QED) is 0.878. The van der Waals surface area contributed by atoms with Crippen LogP contribution in [-0.2, 0) is 4.74 Å². The lowest BCUT2D eigenvalue weighted by atomic mass is 9.91. The summed E-state index contributed by atoms with van der Waals surface area (Å²) in [5, 5.41) is 6.58. The molecule has 0 heterocycles. The van der Waals surface area contributed by atoms with Gasteiger partial charge in [-0.1, -0.05) is 12.1 Å². The number of benzene rings is 1. The summed E-state index contributed by atoms with van der Waals surface area (Å²) < 4.78 is 5.34. The van der Waals surface area contributed by atoms with Crippen molar-refractivity contribution in [3.05, 3.63) is 29.8 Å². The van der Waals surface area contributed by atoms with Crippen LogP contribution in [0.3, 0.4) is 0 Å². The molecule has 0 aliphatic heterocycles. The normalized spacial score (nSPS) is 22.0. The number of carbonyl (C=O) groups is 1. The molecule has 2 atom stereocenters. The standard InChI is InChI=1S/C18H28N2O2/c1-13-7-5-8-14(11-13)19-15-9-6-10-16(12-15)20-17(21)22-18(2,3)4/h5,7-8,11,15-16,19H,6,9-10,12H2,1-4H3,(H,20,21). The molecule has 0 saturated heterocycles. The second-order valence-corrected chi connectivity index (χ2v) is 7.22. The Bertz CT molecular complexity index is 508. The summed E-state index contributed by atoms with van der Waals surface area (Å²) >= 11 is 0. The van der Waals surface area contributed by atoms with E-state index in [2.05, 4.69) is 41.8 Å². The van der Waals surface area contributed by atoms with Crippen LogP contribution in [0.25, 0.3) is 0 Å². The van der Waals surface area contributed by atoms with Crippen molar-refractivity contribution < 1.29 is 9.53 Å². The van der Waals surface area contributed by atoms with Crippen molar-refractivity contribution in [3.63, 3.8) is 0 Å². The molecule has 1 amide bonds. The average molecular weight is 304 g/mol. The minimum atomic E-state index is -0.446. The summed E-state index contributed by atoms with van der Waals surface area (Å²) in [6.45, 7) is 7.75. The van der Waals surface area contributed by atoms with Crippen molar-refractivity contribution in [1.82, 2.24) is 5.32 Å². The van der Waals surface area contributed by atoms with Crippen LogP contribution in [0.15, 0.2) is 24.3 Å². The Balaban J connectivity index is 1.85. The number of rotatable bonds is 3. The SMILES string of the molecule is Cc1cccc(NC2CCCC(NC(=O)OC(C)(C)C)C2)c1. The summed E-state index contributed by atoms with van der Waals surface area (Å²) in [7, 11) is 0. The van der Waals surface area contributed by atoms with E-state index in [0.29, 0.717) is 6.04 Å². The van der Waals surface area contributed by atoms with Crippen LogP contribution >= 0.6 is 0 Å². The number of aryl methyl sites for hydroxylation is 1. The Morgan fingerprint density at radius 3 is 2.64 bits per heavy atom. The maximum atomic E-state index is 11.9. The van der Waals surface area contributed by atoms with Crippen molar-refractivity contribution in [2.24, 2.45) is 0 Å². The van der Waals surface area contributed by atoms with Crippen molar-refractivity contribution in [1.29, 1.82) is 0 Å². The van der Waals surface area contributed by atoms with Gasteiger partial charge in [-0.05, 0) is 71.1 Å². The Kier molecular flexibility index (Phi) is 5.33. The van der Waals surface area contributed by atoms with Crippen LogP contribution in [0.1, 0.15) is 52.0 Å². The first-order valence-corrected chi connectivity index (χ1v) is 8.14. The van der Waals surface area contributed by atoms with Gasteiger partial charge in [-0.15, -0.1) is 0 Å². The third kappa shape index (κ3) is 5.58. The number of carbonyl (C=O) groups excluding carboxylic acids is 1. The maximum Gasteiger partial charge on any atom is 0.407 e. The van der Waals surface area contributed by atoms with Gasteiger partial charge < -0.3 is 15.4 Å². The molecule has 22 heavy (non-hydrogen) atoms. The molecule has 4 nitrogen and oxygen atoms in total. The van der Waals surface area contributed by atoms with Crippen LogP contribution in [0.2, 0.25) is 0 Å². The van der Waals surface area contributed by atoms with Gasteiger partial charge in [-0.25, -0.2) is 4.79 Å². The molecule has 0 radical (unpaired) electrons. The first-order chi connectivity index (χ1) is 10.3. The summed E-state index contributed by atoms with van der Waals surface area (Å²) in [6.07, 6.45) is 3.90. The third-order valence-corrected chi connectivity index (χ3v) is 3.78. The van der Waals surface area contributed by atoms with E-state index in [1.54, 1.807) is 0 Å². The Labute approximate surface area is 133 Å². The highest BCUT2D eigenvalue weighted by atomic mass is 16.6. The number of anilines is 1. The molecular formula is C18H28N2O2. The zero-order chi connectivity index (χ0) is 16.2. The molecule has 0 aromatic heterocycles. The van der Waals surface area contributed by atoms with E-state index in [0.717, 1.165) is 31.4 Å². The van der Waals surface area contributed by atoms with Gasteiger partial charge in [0.15, 0.2) is 0 Å². The van der Waals surface area contributed by atoms with Crippen LogP contribution < -0.4 is 10.6 Å². The Morgan fingerprint density at radius 2 is 1.95 bits per heavy atom. The molecule has 2 unspecified atom stereocenters. The van der Waals surface area contributed by atoms with E-state index in [1.807, 2.05) is 20.8 Å². The third-order valence-electron chi connectivity index (χ3n) is 3.78. The van der Waals surface area contributed by atoms with Crippen LogP contribution in [0.4, 0.5) is 10.5 Å². The molecule has 1 aromatic carbocycles. The lowest BCUT2D eigenvalue weighted by molar-refractivity contribution is 0.0492. The van der Waals surface area contributed by atoms with E-state index < -0.39 is 5.60 Å². The minimum Gasteiger partial charge on any atom is -0.444 e. The second-order valence-electron chi connectivity index (χ2n) is 7.22. The van der Waals surface area contributed by atoms with Crippen molar-refractivity contribution in [3.8, 4) is 0 Å². The zero-order valence-electron chi connectivity index (χ0n) is 14.1. The van der Waals surface area contributed by atoms with E-state index in [4.69, 9.17) is 4.74 Å². The van der Waals surface area contributed by atoms with Crippen molar-refractivity contribution >= 4 is 11.8 Å². The topological polar surface area (TPSA) is 50.4 Å². The zero-order valence-corrected chi connectivity index (χ0v) is 14.1. The van der Waals surface area contributed by atoms with Gasteiger partial charge in [0.1, 0.15) is 5.60 Å². The number of ether oxygens (including phenoxy) is 1. The fraction of sp³-hybridized carbons (Fsp3) is 0.611. The number of nitrogens with one attached hydrogen (secondary N) is 2. The summed E-state index contributed by atoms with van der Waals surface area (Å²) in [5.74, 6) is 0. The van der Waals surface area contributed by atoms with Crippen LogP contribution in [-0.4, -0.2) is 23.8 Å². The van der Waals surface area contributed by atoms with Crippen molar-refractivity contribution in [2.75, 3.05) is 5.32 Å². The number of hydrogen-bond acceptors (Lipinski definition) is 3. The van der Waals surface area contributed by atoms with E-state index in [9.17, 15) is 4.79 Å². The smallest absolute Gasteiger partial charge is 0.407 e. The fourth-order valence-electron chi connectivity index (χ4n) is 2.90. The van der Waals surface area contributed by atoms with Crippen LogP contribution in [0.5, 0.6) is 0 Å². The van der Waals surface area contributed by atoms with Gasteiger partial charge in [0, 0.05) is 17.8 Å². The van der Waals surface area contributed by atoms with E-state index in [1.165, 1.54) is 5.56 Å². The Morgan fingerprint density at radius 1 is 1.23 bits per heavy atom. The lowest BCUT2D eigenvalue weighted by Crippen LogP contribution is -2.43. The molecule has 1 aliphatic carbocycles. The monoisotopic (exact) mass is 304 g/mol. The van der Waals surface area contributed by atoms with Gasteiger partial charge in [0.2, 0.25) is 0 Å². The van der Waals surface area contributed by atoms with Gasteiger partial charge in [0.05, 0.1) is 0 Å². The highest BCUT2D eigenvalue weighted by Crippen LogP contribution is 2.23. The molecule has 1 aliphatic rings. The number of hydrogen-bond donors (Lipinski definition) is 2. The molecule has 2 N–H and O–H groups in total. The molecule has 1 aromatic rings. The lowest BCUT2D eigenvalue weighted by Gasteiger charge is -2.31. The molecule has 4 heteroatoms. The van der Waals surface area contributed by atoms with Gasteiger partial charge in [0.25, 0.3) is 0 Å². The average Bonchev–Trinajstić information content (AvgIpc) is 2.36. The summed E-state index contributed by atoms with van der Waals surface area (Å²) in [4.78, 5) is 11.9. The predicted molar refractivity (Wildman–Crippen MR) is 90.2 cm³/mol. The predicted octanol–water partition coefficient (Wildman–Crippen LogP) is 4.24. The fourth-order valence-corrected chi connectivity index (χ4v) is 2.90. The molecule has 2 rings (SSSR count). The van der Waals surface area contributed by atoms with Gasteiger partial charge in [-0.2, -0.15) is 0 Å². The Hall–Kier alpha value is -1.71. The van der Waals surface area contributed by atoms with E-state index >= 15 is 0 Å². The van der Waals surface area contributed by atoms with Crippen LogP contribution in [0, 0.1) is 6.92 Å². The van der Waals surface area contributed by atoms with Gasteiger partial charge >= 0.3 is 6.09 Å². The molecule has 122 valence electrons. The molecule has 1 saturated carbocycles. The number of amides is 1. The molecule has 1 fully saturated rings. The first kappa shape index (κ1) is 16.7. The first-order valence-electron chi connectivity index (χ1n) is 8.14. The summed E-state index contributed by atoms with van der Waals surface area (Å²) in [6, 6.07) is 9.00. The largest absolute Gasteiger partial charge is 0.444 e. The molecule has 0 spiro atoms. The molecular weight excluding hydrogens is 276 g/mol. The molecule has 0 bridgehead atoms. The second kappa shape index (κ2) is 7.03. The van der Waals surface area contributed by atoms with Crippen molar-refractivity contribution in [2.45, 2.75) is 71.1 Å². The minimum absolute atomic E-state index is 0.186. The number of alkyl carbamates (subject to hydrolysis) is 1. The van der Waals surface area contributed by atoms with Gasteiger partial charge in [-0.3, -0.25) is 0 Å². The van der Waals surface area contributed by atoms with E-state index in [-0.39, 0.29) is 12.1 Å². The highest BCUT2D eigenvalue weighted by Gasteiger charge is 2.25. The maximum absolute atomic E-state index is 11.9. The highest BCUT2D eigenvalue weighted by molar-refractivity contribution is 5.68.